The van der Waals surface area contributed by atoms with Gasteiger partial charge in [0.15, 0.2) is 11.5 Å². The van der Waals surface area contributed by atoms with E-state index in [0.717, 1.165) is 21.1 Å². The van der Waals surface area contributed by atoms with Gasteiger partial charge in [-0.05, 0) is 38.5 Å². The van der Waals surface area contributed by atoms with Crippen LogP contribution in [0.4, 0.5) is 0 Å². The maximum atomic E-state index is 12.8. The van der Waals surface area contributed by atoms with Gasteiger partial charge in [0.1, 0.15) is 12.2 Å². The quantitative estimate of drug-likeness (QED) is 0.448. The van der Waals surface area contributed by atoms with Crippen LogP contribution in [0.3, 0.4) is 0 Å². The first-order valence-electron chi connectivity index (χ1n) is 9.25. The summed E-state index contributed by atoms with van der Waals surface area (Å²) in [6.07, 6.45) is 1.49. The summed E-state index contributed by atoms with van der Waals surface area (Å²) in [5.74, 6) is -1.64. The van der Waals surface area contributed by atoms with Gasteiger partial charge in [-0.1, -0.05) is 12.1 Å². The van der Waals surface area contributed by atoms with Crippen LogP contribution in [0.25, 0.3) is 10.9 Å². The Labute approximate surface area is 167 Å². The van der Waals surface area contributed by atoms with Crippen molar-refractivity contribution >= 4 is 28.6 Å². The molecule has 0 spiro atoms. The van der Waals surface area contributed by atoms with E-state index in [2.05, 4.69) is 10.1 Å². The second kappa shape index (κ2) is 8.64. The average molecular weight is 395 g/mol. The lowest BCUT2D eigenvalue weighted by atomic mass is 10.1. The smallest absolute Gasteiger partial charge is 0.358 e. The maximum Gasteiger partial charge on any atom is 0.358 e. The standard InChI is InChI=1S/C21H21N3O5/c1-4-28-20(26)17-10-18(21(27)29-5-2)24(23-17)12-19(25)14-9-15-13(3)7-6-8-16(15)22-11-14/h6-11H,4-5,12H2,1-3H3. The molecule has 3 aromatic rings. The van der Waals surface area contributed by atoms with Crippen molar-refractivity contribution in [3.05, 3.63) is 59.0 Å². The second-order valence-corrected chi connectivity index (χ2v) is 6.30. The van der Waals surface area contributed by atoms with Crippen LogP contribution in [0, 0.1) is 6.92 Å². The summed E-state index contributed by atoms with van der Waals surface area (Å²) in [4.78, 5) is 41.4. The molecule has 0 saturated heterocycles. The molecule has 8 nitrogen and oxygen atoms in total. The Morgan fingerprint density at radius 1 is 1.03 bits per heavy atom. The molecule has 1 aromatic carbocycles. The Kier molecular flexibility index (Phi) is 6.01. The summed E-state index contributed by atoms with van der Waals surface area (Å²) in [5.41, 5.74) is 2.12. The topological polar surface area (TPSA) is 100 Å². The minimum absolute atomic E-state index is 0.00758. The van der Waals surface area contributed by atoms with Gasteiger partial charge in [-0.15, -0.1) is 0 Å². The first-order chi connectivity index (χ1) is 13.9. The van der Waals surface area contributed by atoms with Gasteiger partial charge in [0, 0.05) is 23.2 Å². The molecular weight excluding hydrogens is 374 g/mol. The number of aryl methyl sites for hydroxylation is 1. The van der Waals surface area contributed by atoms with Crippen molar-refractivity contribution in [2.24, 2.45) is 0 Å². The van der Waals surface area contributed by atoms with E-state index in [9.17, 15) is 14.4 Å². The molecule has 0 atom stereocenters. The van der Waals surface area contributed by atoms with Crippen molar-refractivity contribution in [1.82, 2.24) is 14.8 Å². The number of nitrogens with zero attached hydrogens (tertiary/aromatic N) is 3. The Morgan fingerprint density at radius 3 is 2.48 bits per heavy atom. The predicted octanol–water partition coefficient (Wildman–Crippen LogP) is 2.98. The van der Waals surface area contributed by atoms with Crippen molar-refractivity contribution in [3.8, 4) is 0 Å². The number of hydrogen-bond donors (Lipinski definition) is 0. The van der Waals surface area contributed by atoms with Crippen LogP contribution in [0.5, 0.6) is 0 Å². The highest BCUT2D eigenvalue weighted by molar-refractivity contribution is 6.00. The van der Waals surface area contributed by atoms with Crippen LogP contribution >= 0.6 is 0 Å². The van der Waals surface area contributed by atoms with E-state index < -0.39 is 11.9 Å². The Balaban J connectivity index is 1.93. The van der Waals surface area contributed by atoms with Gasteiger partial charge in [-0.2, -0.15) is 5.10 Å². The third kappa shape index (κ3) is 4.31. The van der Waals surface area contributed by atoms with Gasteiger partial charge in [0.25, 0.3) is 0 Å². The zero-order chi connectivity index (χ0) is 21.0. The zero-order valence-electron chi connectivity index (χ0n) is 16.5. The second-order valence-electron chi connectivity index (χ2n) is 6.30. The number of aromatic nitrogens is 3. The number of ether oxygens (including phenoxy) is 2. The summed E-state index contributed by atoms with van der Waals surface area (Å²) in [6, 6.07) is 8.75. The number of carbonyl (C=O) groups is 3. The van der Waals surface area contributed by atoms with Gasteiger partial charge in [-0.25, -0.2) is 14.3 Å². The van der Waals surface area contributed by atoms with Crippen LogP contribution in [0.15, 0.2) is 36.5 Å². The molecule has 0 unspecified atom stereocenters. The number of pyridine rings is 1. The summed E-state index contributed by atoms with van der Waals surface area (Å²) in [7, 11) is 0. The number of hydrogen-bond acceptors (Lipinski definition) is 7. The van der Waals surface area contributed by atoms with E-state index >= 15 is 0 Å². The van der Waals surface area contributed by atoms with Crippen molar-refractivity contribution in [2.75, 3.05) is 13.2 Å². The van der Waals surface area contributed by atoms with Crippen molar-refractivity contribution in [1.29, 1.82) is 0 Å². The number of Topliss-reactive ketones (excluding diaryl/α,β-unsaturated/α-hetero) is 1. The number of fused-ring (bicyclic) bond motifs is 1. The van der Waals surface area contributed by atoms with E-state index in [0.29, 0.717) is 5.56 Å². The fourth-order valence-corrected chi connectivity index (χ4v) is 2.89. The van der Waals surface area contributed by atoms with E-state index in [-0.39, 0.29) is 36.9 Å². The molecule has 0 bridgehead atoms. The number of rotatable bonds is 7. The molecule has 0 aliphatic carbocycles. The van der Waals surface area contributed by atoms with Crippen LogP contribution in [-0.2, 0) is 16.0 Å². The van der Waals surface area contributed by atoms with Crippen molar-refractivity contribution in [3.63, 3.8) is 0 Å². The molecule has 0 amide bonds. The normalized spacial score (nSPS) is 10.7. The van der Waals surface area contributed by atoms with E-state index in [4.69, 9.17) is 9.47 Å². The van der Waals surface area contributed by atoms with Crippen LogP contribution < -0.4 is 0 Å². The third-order valence-corrected chi connectivity index (χ3v) is 4.31. The summed E-state index contributed by atoms with van der Waals surface area (Å²) < 4.78 is 11.1. The lowest BCUT2D eigenvalue weighted by Gasteiger charge is -2.08. The fraction of sp³-hybridized carbons (Fsp3) is 0.286. The molecule has 0 aliphatic heterocycles. The highest BCUT2D eigenvalue weighted by Crippen LogP contribution is 2.18. The van der Waals surface area contributed by atoms with Crippen LogP contribution in [-0.4, -0.2) is 45.7 Å². The Bertz CT molecular complexity index is 1090. The van der Waals surface area contributed by atoms with Crippen molar-refractivity contribution in [2.45, 2.75) is 27.3 Å². The van der Waals surface area contributed by atoms with Gasteiger partial charge in [-0.3, -0.25) is 9.78 Å². The van der Waals surface area contributed by atoms with Crippen LogP contribution in [0.2, 0.25) is 0 Å². The number of esters is 2. The highest BCUT2D eigenvalue weighted by atomic mass is 16.5. The molecular formula is C21H21N3O5. The van der Waals surface area contributed by atoms with Gasteiger partial charge in [0.05, 0.1) is 18.7 Å². The first kappa shape index (κ1) is 20.2. The molecule has 8 heteroatoms. The molecule has 0 radical (unpaired) electrons. The number of benzene rings is 1. The molecule has 0 saturated carbocycles. The zero-order valence-corrected chi connectivity index (χ0v) is 16.5. The van der Waals surface area contributed by atoms with Gasteiger partial charge < -0.3 is 9.47 Å². The third-order valence-electron chi connectivity index (χ3n) is 4.31. The van der Waals surface area contributed by atoms with Crippen LogP contribution in [0.1, 0.15) is 50.7 Å². The lowest BCUT2D eigenvalue weighted by Crippen LogP contribution is -2.18. The minimum Gasteiger partial charge on any atom is -0.461 e. The van der Waals surface area contributed by atoms with Gasteiger partial charge >= 0.3 is 11.9 Å². The molecule has 29 heavy (non-hydrogen) atoms. The average Bonchev–Trinajstić information content (AvgIpc) is 3.12. The molecule has 0 fully saturated rings. The summed E-state index contributed by atoms with van der Waals surface area (Å²) in [6.45, 7) is 5.35. The molecule has 0 N–H and O–H groups in total. The Hall–Kier alpha value is -3.55. The molecule has 2 aromatic heterocycles. The van der Waals surface area contributed by atoms with E-state index in [1.807, 2.05) is 25.1 Å². The molecule has 3 rings (SSSR count). The van der Waals surface area contributed by atoms with E-state index in [1.165, 1.54) is 12.3 Å². The number of ketones is 1. The van der Waals surface area contributed by atoms with Gasteiger partial charge in [0.2, 0.25) is 0 Å². The molecule has 0 aliphatic rings. The predicted molar refractivity (Wildman–Crippen MR) is 105 cm³/mol. The monoisotopic (exact) mass is 395 g/mol. The SMILES string of the molecule is CCOC(=O)c1cc(C(=O)OCC)n(CC(=O)c2cnc3cccc(C)c3c2)n1. The van der Waals surface area contributed by atoms with Crippen molar-refractivity contribution < 1.29 is 23.9 Å². The lowest BCUT2D eigenvalue weighted by molar-refractivity contribution is 0.0505. The van der Waals surface area contributed by atoms with E-state index in [1.54, 1.807) is 19.9 Å². The summed E-state index contributed by atoms with van der Waals surface area (Å²) >= 11 is 0. The molecule has 150 valence electrons. The highest BCUT2D eigenvalue weighted by Gasteiger charge is 2.23. The molecule has 2 heterocycles. The first-order valence-corrected chi connectivity index (χ1v) is 9.25. The Morgan fingerprint density at radius 2 is 1.76 bits per heavy atom. The summed E-state index contributed by atoms with van der Waals surface area (Å²) in [5, 5.41) is 4.95. The largest absolute Gasteiger partial charge is 0.461 e. The fourth-order valence-electron chi connectivity index (χ4n) is 2.89. The minimum atomic E-state index is -0.674. The number of carbonyl (C=O) groups excluding carboxylic acids is 3. The maximum absolute atomic E-state index is 12.8.